The van der Waals surface area contributed by atoms with E-state index in [0.717, 1.165) is 0 Å². The maximum atomic E-state index is 12.2. The maximum absolute atomic E-state index is 12.2. The van der Waals surface area contributed by atoms with E-state index in [1.54, 1.807) is 0 Å². The summed E-state index contributed by atoms with van der Waals surface area (Å²) in [7, 11) is 0. The predicted octanol–water partition coefficient (Wildman–Crippen LogP) is 2.09. The average molecular weight is 294 g/mol. The highest BCUT2D eigenvalue weighted by Gasteiger charge is 2.39. The summed E-state index contributed by atoms with van der Waals surface area (Å²) in [6, 6.07) is -0.619. The summed E-state index contributed by atoms with van der Waals surface area (Å²) in [5.74, 6) is -0.482. The van der Waals surface area contributed by atoms with Crippen molar-refractivity contribution in [2.24, 2.45) is 5.41 Å². The van der Waals surface area contributed by atoms with Gasteiger partial charge >= 0.3 is 6.18 Å². The lowest BCUT2D eigenvalue weighted by atomic mass is 9.84. The summed E-state index contributed by atoms with van der Waals surface area (Å²) in [5, 5.41) is 2.64. The molecule has 0 spiro atoms. The molecule has 1 rings (SSSR count). The molecule has 0 aliphatic carbocycles. The second-order valence-corrected chi connectivity index (χ2v) is 6.20. The van der Waals surface area contributed by atoms with Crippen LogP contribution in [0.4, 0.5) is 13.2 Å². The molecule has 1 N–H and O–H groups in total. The van der Waals surface area contributed by atoms with Crippen LogP contribution in [0.1, 0.15) is 40.0 Å². The number of nitrogens with zero attached hydrogens (tertiary/aromatic N) is 1. The molecule has 1 atom stereocenters. The van der Waals surface area contributed by atoms with E-state index in [4.69, 9.17) is 0 Å². The Morgan fingerprint density at radius 1 is 1.20 bits per heavy atom. The molecular formula is C13H21F3N2O2. The monoisotopic (exact) mass is 294 g/mol. The van der Waals surface area contributed by atoms with Crippen molar-refractivity contribution in [3.8, 4) is 0 Å². The van der Waals surface area contributed by atoms with E-state index >= 15 is 0 Å². The van der Waals surface area contributed by atoms with Crippen LogP contribution in [0.25, 0.3) is 0 Å². The summed E-state index contributed by atoms with van der Waals surface area (Å²) in [6.07, 6.45) is -4.81. The number of carbonyl (C=O) groups excluding carboxylic acids is 2. The van der Waals surface area contributed by atoms with Crippen molar-refractivity contribution < 1.29 is 22.8 Å². The molecule has 1 fully saturated rings. The van der Waals surface area contributed by atoms with E-state index in [1.165, 1.54) is 4.90 Å². The third kappa shape index (κ3) is 5.02. The van der Waals surface area contributed by atoms with Crippen LogP contribution >= 0.6 is 0 Å². The van der Waals surface area contributed by atoms with Crippen LogP contribution in [0.15, 0.2) is 0 Å². The summed E-state index contributed by atoms with van der Waals surface area (Å²) in [4.78, 5) is 25.1. The minimum atomic E-state index is -4.17. The lowest BCUT2D eigenvalue weighted by Crippen LogP contribution is -2.62. The fourth-order valence-electron chi connectivity index (χ4n) is 2.11. The maximum Gasteiger partial charge on any atom is 0.389 e. The van der Waals surface area contributed by atoms with Crippen molar-refractivity contribution in [1.29, 1.82) is 0 Å². The third-order valence-electron chi connectivity index (χ3n) is 3.20. The molecule has 2 amide bonds. The number of amides is 2. The van der Waals surface area contributed by atoms with Gasteiger partial charge in [0.15, 0.2) is 0 Å². The minimum absolute atomic E-state index is 0.0327. The molecule has 0 aromatic heterocycles. The Bertz CT molecular complexity index is 375. The van der Waals surface area contributed by atoms with Crippen LogP contribution in [-0.4, -0.2) is 42.0 Å². The topological polar surface area (TPSA) is 49.4 Å². The van der Waals surface area contributed by atoms with Gasteiger partial charge in [0.25, 0.3) is 0 Å². The first-order valence-electron chi connectivity index (χ1n) is 6.65. The zero-order valence-corrected chi connectivity index (χ0v) is 12.0. The molecular weight excluding hydrogens is 273 g/mol. The van der Waals surface area contributed by atoms with E-state index in [1.807, 2.05) is 20.8 Å². The molecule has 7 heteroatoms. The first-order valence-corrected chi connectivity index (χ1v) is 6.65. The molecule has 1 unspecified atom stereocenters. The Morgan fingerprint density at radius 3 is 2.30 bits per heavy atom. The molecule has 1 aliphatic heterocycles. The predicted molar refractivity (Wildman–Crippen MR) is 67.9 cm³/mol. The van der Waals surface area contributed by atoms with Crippen molar-refractivity contribution in [3.63, 3.8) is 0 Å². The van der Waals surface area contributed by atoms with Gasteiger partial charge in [-0.1, -0.05) is 20.8 Å². The molecule has 0 saturated carbocycles. The molecule has 1 saturated heterocycles. The van der Waals surface area contributed by atoms with E-state index in [0.29, 0.717) is 0 Å². The quantitative estimate of drug-likeness (QED) is 0.807. The van der Waals surface area contributed by atoms with Crippen molar-refractivity contribution in [1.82, 2.24) is 10.2 Å². The second-order valence-electron chi connectivity index (χ2n) is 6.20. The standard InChI is InChI=1S/C13H21F3N2O2/c1-12(2,3)10-11(20)18(8-9(19)17-10)7-5-4-6-13(14,15)16/h10H,4-8H2,1-3H3,(H,17,19). The normalized spacial score (nSPS) is 21.1. The summed E-state index contributed by atoms with van der Waals surface area (Å²) >= 11 is 0. The lowest BCUT2D eigenvalue weighted by molar-refractivity contribution is -0.147. The molecule has 1 aliphatic rings. The molecule has 0 bridgehead atoms. The van der Waals surface area contributed by atoms with Gasteiger partial charge in [0, 0.05) is 13.0 Å². The number of nitrogens with one attached hydrogen (secondary N) is 1. The van der Waals surface area contributed by atoms with Crippen LogP contribution in [0.3, 0.4) is 0 Å². The lowest BCUT2D eigenvalue weighted by Gasteiger charge is -2.38. The number of hydrogen-bond acceptors (Lipinski definition) is 2. The van der Waals surface area contributed by atoms with Crippen LogP contribution in [-0.2, 0) is 9.59 Å². The van der Waals surface area contributed by atoms with Crippen LogP contribution in [0.5, 0.6) is 0 Å². The molecule has 116 valence electrons. The Kier molecular flexibility index (Phi) is 5.05. The van der Waals surface area contributed by atoms with E-state index < -0.39 is 24.1 Å². The van der Waals surface area contributed by atoms with Crippen molar-refractivity contribution in [3.05, 3.63) is 0 Å². The second kappa shape index (κ2) is 6.01. The Morgan fingerprint density at radius 2 is 1.80 bits per heavy atom. The highest BCUT2D eigenvalue weighted by Crippen LogP contribution is 2.24. The van der Waals surface area contributed by atoms with Gasteiger partial charge in [0.1, 0.15) is 6.04 Å². The van der Waals surface area contributed by atoms with E-state index in [-0.39, 0.29) is 37.7 Å². The Hall–Kier alpha value is -1.27. The molecule has 0 radical (unpaired) electrons. The molecule has 20 heavy (non-hydrogen) atoms. The van der Waals surface area contributed by atoms with Gasteiger partial charge in [-0.05, 0) is 18.3 Å². The molecule has 1 heterocycles. The summed E-state index contributed by atoms with van der Waals surface area (Å²) in [6.45, 7) is 5.63. The van der Waals surface area contributed by atoms with Crippen LogP contribution in [0, 0.1) is 5.41 Å². The van der Waals surface area contributed by atoms with Gasteiger partial charge < -0.3 is 10.2 Å². The van der Waals surface area contributed by atoms with Gasteiger partial charge in [0.2, 0.25) is 11.8 Å². The number of carbonyl (C=O) groups is 2. The SMILES string of the molecule is CC(C)(C)C1NC(=O)CN(CCCCC(F)(F)F)C1=O. The fourth-order valence-corrected chi connectivity index (χ4v) is 2.11. The first-order chi connectivity index (χ1) is 9.00. The number of rotatable bonds is 4. The Labute approximate surface area is 116 Å². The van der Waals surface area contributed by atoms with Crippen molar-refractivity contribution in [2.75, 3.05) is 13.1 Å². The first kappa shape index (κ1) is 16.8. The summed E-state index contributed by atoms with van der Waals surface area (Å²) < 4.78 is 36.1. The third-order valence-corrected chi connectivity index (χ3v) is 3.20. The van der Waals surface area contributed by atoms with Gasteiger partial charge in [-0.2, -0.15) is 13.2 Å². The minimum Gasteiger partial charge on any atom is -0.342 e. The number of piperazine rings is 1. The molecule has 4 nitrogen and oxygen atoms in total. The number of hydrogen-bond donors (Lipinski definition) is 1. The van der Waals surface area contributed by atoms with Crippen LogP contribution in [0.2, 0.25) is 0 Å². The largest absolute Gasteiger partial charge is 0.389 e. The fraction of sp³-hybridized carbons (Fsp3) is 0.846. The van der Waals surface area contributed by atoms with Crippen molar-refractivity contribution >= 4 is 11.8 Å². The van der Waals surface area contributed by atoms with E-state index in [2.05, 4.69) is 5.32 Å². The van der Waals surface area contributed by atoms with E-state index in [9.17, 15) is 22.8 Å². The number of alkyl halides is 3. The Balaban J connectivity index is 2.53. The van der Waals surface area contributed by atoms with Gasteiger partial charge in [-0.25, -0.2) is 0 Å². The van der Waals surface area contributed by atoms with Gasteiger partial charge in [0.05, 0.1) is 6.54 Å². The smallest absolute Gasteiger partial charge is 0.342 e. The van der Waals surface area contributed by atoms with Gasteiger partial charge in [-0.3, -0.25) is 9.59 Å². The average Bonchev–Trinajstić information content (AvgIpc) is 2.25. The molecule has 0 aromatic rings. The van der Waals surface area contributed by atoms with Gasteiger partial charge in [-0.15, -0.1) is 0 Å². The number of halogens is 3. The zero-order chi connectivity index (χ0) is 15.6. The highest BCUT2D eigenvalue weighted by atomic mass is 19.4. The molecule has 0 aromatic carbocycles. The highest BCUT2D eigenvalue weighted by molar-refractivity contribution is 5.95. The zero-order valence-electron chi connectivity index (χ0n) is 12.0. The van der Waals surface area contributed by atoms with Crippen LogP contribution < -0.4 is 5.32 Å². The summed E-state index contributed by atoms with van der Waals surface area (Å²) in [5.41, 5.74) is -0.419. The number of unbranched alkanes of at least 4 members (excludes halogenated alkanes) is 1. The van der Waals surface area contributed by atoms with Crippen molar-refractivity contribution in [2.45, 2.75) is 52.3 Å².